The monoisotopic (exact) mass is 435 g/mol. The molecular weight excluding hydrogens is 410 g/mol. The van der Waals surface area contributed by atoms with Crippen molar-refractivity contribution in [2.24, 2.45) is 0 Å². The predicted octanol–water partition coefficient (Wildman–Crippen LogP) is 5.78. The smallest absolute Gasteiger partial charge is 0.230 e. The minimum atomic E-state index is -0.0511. The minimum absolute atomic E-state index is 0.0511. The van der Waals surface area contributed by atoms with E-state index in [-0.39, 0.29) is 5.91 Å². The molecular formula is C24H25N3O3S. The number of thiazole rings is 1. The van der Waals surface area contributed by atoms with E-state index in [0.717, 1.165) is 34.9 Å². The number of carbonyl (C=O) groups is 1. The minimum Gasteiger partial charge on any atom is -0.468 e. The molecule has 0 atom stereocenters. The molecule has 1 amide bonds. The maximum absolute atomic E-state index is 12.5. The molecule has 6 nitrogen and oxygen atoms in total. The van der Waals surface area contributed by atoms with Crippen molar-refractivity contribution in [3.8, 4) is 0 Å². The summed E-state index contributed by atoms with van der Waals surface area (Å²) in [5.74, 6) is 1.71. The molecule has 3 heterocycles. The van der Waals surface area contributed by atoms with Gasteiger partial charge < -0.3 is 8.83 Å². The van der Waals surface area contributed by atoms with Crippen molar-refractivity contribution < 1.29 is 13.6 Å². The van der Waals surface area contributed by atoms with E-state index in [2.05, 4.69) is 11.8 Å². The van der Waals surface area contributed by atoms with Crippen molar-refractivity contribution >= 4 is 28.1 Å². The Labute approximate surface area is 185 Å². The third-order valence-electron chi connectivity index (χ3n) is 4.96. The summed E-state index contributed by atoms with van der Waals surface area (Å²) < 4.78 is 11.1. The molecule has 3 aromatic heterocycles. The van der Waals surface area contributed by atoms with Gasteiger partial charge in [0, 0.05) is 18.8 Å². The van der Waals surface area contributed by atoms with E-state index >= 15 is 0 Å². The molecule has 4 aromatic rings. The Kier molecular flexibility index (Phi) is 6.64. The van der Waals surface area contributed by atoms with Gasteiger partial charge >= 0.3 is 0 Å². The van der Waals surface area contributed by atoms with Crippen molar-refractivity contribution in [2.45, 2.75) is 39.9 Å². The molecule has 0 aliphatic heterocycles. The zero-order chi connectivity index (χ0) is 21.6. The van der Waals surface area contributed by atoms with Crippen LogP contribution in [0.25, 0.3) is 0 Å². The molecule has 0 N–H and O–H groups in total. The van der Waals surface area contributed by atoms with Crippen LogP contribution in [-0.4, -0.2) is 15.8 Å². The van der Waals surface area contributed by atoms with E-state index in [1.54, 1.807) is 24.3 Å². The van der Waals surface area contributed by atoms with Crippen LogP contribution in [0.1, 0.15) is 36.6 Å². The first-order chi connectivity index (χ1) is 15.1. The molecule has 0 unspecified atom stereocenters. The number of hydrogen-bond acceptors (Lipinski definition) is 6. The van der Waals surface area contributed by atoms with Crippen LogP contribution < -0.4 is 4.90 Å². The van der Waals surface area contributed by atoms with Crippen molar-refractivity contribution in [1.29, 1.82) is 0 Å². The van der Waals surface area contributed by atoms with Gasteiger partial charge in [-0.15, -0.1) is 11.3 Å². The molecule has 0 saturated heterocycles. The van der Waals surface area contributed by atoms with Crippen LogP contribution in [0.4, 0.5) is 10.8 Å². The standard InChI is InChI=1S/C24H25N3O3S/c1-3-19-8-4-5-11-23(19)27(18(2)28)24-25-20(17-31-24)14-26(15-21-9-6-12-29-21)16-22-10-7-13-30-22/h4-13,17H,3,14-16H2,1-2H3. The number of aromatic nitrogens is 1. The van der Waals surface area contributed by atoms with Crippen LogP contribution in [0.5, 0.6) is 0 Å². The number of carbonyl (C=O) groups excluding carboxylic acids is 1. The lowest BCUT2D eigenvalue weighted by atomic mass is 10.1. The topological polar surface area (TPSA) is 62.7 Å². The highest BCUT2D eigenvalue weighted by atomic mass is 32.1. The highest BCUT2D eigenvalue weighted by molar-refractivity contribution is 7.14. The number of furan rings is 2. The number of para-hydroxylation sites is 1. The second kappa shape index (κ2) is 9.76. The summed E-state index contributed by atoms with van der Waals surface area (Å²) in [7, 11) is 0. The lowest BCUT2D eigenvalue weighted by Crippen LogP contribution is -2.24. The highest BCUT2D eigenvalue weighted by Gasteiger charge is 2.21. The van der Waals surface area contributed by atoms with Crippen LogP contribution >= 0.6 is 11.3 Å². The molecule has 4 rings (SSSR count). The van der Waals surface area contributed by atoms with Crippen LogP contribution in [0.3, 0.4) is 0 Å². The summed E-state index contributed by atoms with van der Waals surface area (Å²) in [6, 6.07) is 15.7. The van der Waals surface area contributed by atoms with Crippen LogP contribution in [-0.2, 0) is 30.8 Å². The third kappa shape index (κ3) is 5.13. The summed E-state index contributed by atoms with van der Waals surface area (Å²) in [4.78, 5) is 21.2. The fourth-order valence-electron chi connectivity index (χ4n) is 3.55. The molecule has 7 heteroatoms. The first-order valence-corrected chi connectivity index (χ1v) is 11.1. The largest absolute Gasteiger partial charge is 0.468 e. The van der Waals surface area contributed by atoms with E-state index in [9.17, 15) is 4.79 Å². The number of benzene rings is 1. The Morgan fingerprint density at radius 2 is 1.65 bits per heavy atom. The lowest BCUT2D eigenvalue weighted by molar-refractivity contribution is -0.115. The molecule has 1 aromatic carbocycles. The summed E-state index contributed by atoms with van der Waals surface area (Å²) in [5, 5.41) is 2.69. The Morgan fingerprint density at radius 1 is 0.968 bits per heavy atom. The molecule has 0 radical (unpaired) electrons. The van der Waals surface area contributed by atoms with Crippen LogP contribution in [0, 0.1) is 0 Å². The van der Waals surface area contributed by atoms with E-state index in [1.807, 2.05) is 53.9 Å². The Balaban J connectivity index is 1.57. The highest BCUT2D eigenvalue weighted by Crippen LogP contribution is 2.32. The number of amides is 1. The quantitative estimate of drug-likeness (QED) is 0.334. The summed E-state index contributed by atoms with van der Waals surface area (Å²) >= 11 is 1.48. The molecule has 160 valence electrons. The third-order valence-corrected chi connectivity index (χ3v) is 5.84. The van der Waals surface area contributed by atoms with E-state index in [4.69, 9.17) is 13.8 Å². The van der Waals surface area contributed by atoms with Gasteiger partial charge in [0.05, 0.1) is 37.0 Å². The average Bonchev–Trinajstić information content (AvgIpc) is 3.53. The van der Waals surface area contributed by atoms with Crippen LogP contribution in [0.2, 0.25) is 0 Å². The molecule has 0 bridgehead atoms. The van der Waals surface area contributed by atoms with Gasteiger partial charge in [0.1, 0.15) is 11.5 Å². The summed E-state index contributed by atoms with van der Waals surface area (Å²) in [6.45, 7) is 5.55. The van der Waals surface area contributed by atoms with Gasteiger partial charge in [-0.2, -0.15) is 0 Å². The van der Waals surface area contributed by atoms with E-state index in [0.29, 0.717) is 24.8 Å². The van der Waals surface area contributed by atoms with Crippen molar-refractivity contribution in [1.82, 2.24) is 9.88 Å². The first kappa shape index (κ1) is 21.1. The van der Waals surface area contributed by atoms with Gasteiger partial charge in [-0.1, -0.05) is 25.1 Å². The Bertz CT molecular complexity index is 1070. The van der Waals surface area contributed by atoms with Gasteiger partial charge in [0.25, 0.3) is 0 Å². The van der Waals surface area contributed by atoms with Crippen molar-refractivity contribution in [3.05, 3.63) is 89.2 Å². The number of aryl methyl sites for hydroxylation is 1. The fraction of sp³-hybridized carbons (Fsp3) is 0.250. The Morgan fingerprint density at radius 3 is 2.23 bits per heavy atom. The molecule has 0 saturated carbocycles. The molecule has 0 fully saturated rings. The molecule has 0 aliphatic carbocycles. The number of nitrogens with zero attached hydrogens (tertiary/aromatic N) is 3. The normalized spacial score (nSPS) is 11.2. The van der Waals surface area contributed by atoms with Gasteiger partial charge in [-0.05, 0) is 42.3 Å². The SMILES string of the molecule is CCc1ccccc1N(C(C)=O)c1nc(CN(Cc2ccco2)Cc2ccco2)cs1. The van der Waals surface area contributed by atoms with Crippen molar-refractivity contribution in [3.63, 3.8) is 0 Å². The summed E-state index contributed by atoms with van der Waals surface area (Å²) in [5.41, 5.74) is 2.91. The maximum atomic E-state index is 12.5. The van der Waals surface area contributed by atoms with Gasteiger partial charge in [-0.3, -0.25) is 14.6 Å². The molecule has 0 aliphatic rings. The van der Waals surface area contributed by atoms with E-state index in [1.165, 1.54) is 11.3 Å². The first-order valence-electron chi connectivity index (χ1n) is 10.2. The van der Waals surface area contributed by atoms with Gasteiger partial charge in [-0.25, -0.2) is 4.98 Å². The number of rotatable bonds is 9. The number of anilines is 2. The van der Waals surface area contributed by atoms with Crippen LogP contribution in [0.15, 0.2) is 75.3 Å². The predicted molar refractivity (Wildman–Crippen MR) is 121 cm³/mol. The zero-order valence-corrected chi connectivity index (χ0v) is 18.5. The Hall–Kier alpha value is -3.16. The number of hydrogen-bond donors (Lipinski definition) is 0. The molecule has 31 heavy (non-hydrogen) atoms. The second-order valence-electron chi connectivity index (χ2n) is 7.26. The second-order valence-corrected chi connectivity index (χ2v) is 8.10. The fourth-order valence-corrected chi connectivity index (χ4v) is 4.42. The summed E-state index contributed by atoms with van der Waals surface area (Å²) in [6.07, 6.45) is 4.20. The average molecular weight is 436 g/mol. The maximum Gasteiger partial charge on any atom is 0.230 e. The lowest BCUT2D eigenvalue weighted by Gasteiger charge is -2.21. The van der Waals surface area contributed by atoms with E-state index < -0.39 is 0 Å². The molecule has 0 spiro atoms. The zero-order valence-electron chi connectivity index (χ0n) is 17.7. The van der Waals surface area contributed by atoms with Gasteiger partial charge in [0.2, 0.25) is 5.91 Å². The van der Waals surface area contributed by atoms with Crippen molar-refractivity contribution in [2.75, 3.05) is 4.90 Å². The van der Waals surface area contributed by atoms with Gasteiger partial charge in [0.15, 0.2) is 5.13 Å².